The molecule has 1 heterocycles. The second-order valence-corrected chi connectivity index (χ2v) is 3.81. The minimum atomic E-state index is -4.36. The van der Waals surface area contributed by atoms with Crippen molar-refractivity contribution < 1.29 is 13.2 Å². The van der Waals surface area contributed by atoms with E-state index >= 15 is 0 Å². The van der Waals surface area contributed by atoms with Gasteiger partial charge in [-0.3, -0.25) is 5.10 Å². The summed E-state index contributed by atoms with van der Waals surface area (Å²) in [6.07, 6.45) is -1.34. The summed E-state index contributed by atoms with van der Waals surface area (Å²) in [6.45, 7) is 0. The van der Waals surface area contributed by atoms with Gasteiger partial charge in [-0.25, -0.2) is 0 Å². The summed E-state index contributed by atoms with van der Waals surface area (Å²) >= 11 is 0. The lowest BCUT2D eigenvalue weighted by Crippen LogP contribution is -2.25. The number of nitrogens with zero attached hydrogens (tertiary/aromatic N) is 1. The third-order valence-electron chi connectivity index (χ3n) is 2.44. The summed E-state index contributed by atoms with van der Waals surface area (Å²) in [7, 11) is 0. The number of halogens is 3. The van der Waals surface area contributed by atoms with Gasteiger partial charge < -0.3 is 5.73 Å². The summed E-state index contributed by atoms with van der Waals surface area (Å²) in [5.41, 5.74) is 4.71. The van der Waals surface area contributed by atoms with Crippen LogP contribution in [0.15, 0.2) is 6.20 Å². The fourth-order valence-electron chi connectivity index (χ4n) is 1.41. The number of aromatic amines is 1. The lowest BCUT2D eigenvalue weighted by atomic mass is 10.1. The van der Waals surface area contributed by atoms with Crippen molar-refractivity contribution in [1.29, 1.82) is 0 Å². The van der Waals surface area contributed by atoms with Crippen LogP contribution in [0.5, 0.6) is 0 Å². The molecular weight excluding hydrogens is 195 g/mol. The van der Waals surface area contributed by atoms with Gasteiger partial charge in [0.1, 0.15) is 5.69 Å². The van der Waals surface area contributed by atoms with Crippen LogP contribution in [0.1, 0.15) is 24.1 Å². The Morgan fingerprint density at radius 1 is 1.50 bits per heavy atom. The van der Waals surface area contributed by atoms with Gasteiger partial charge in [-0.05, 0) is 19.3 Å². The first kappa shape index (κ1) is 9.51. The first-order valence-corrected chi connectivity index (χ1v) is 4.29. The van der Waals surface area contributed by atoms with Crippen molar-refractivity contribution in [1.82, 2.24) is 10.2 Å². The average Bonchev–Trinajstić information content (AvgIpc) is 2.61. The highest BCUT2D eigenvalue weighted by Gasteiger charge is 2.42. The van der Waals surface area contributed by atoms with Crippen molar-refractivity contribution in [3.63, 3.8) is 0 Å². The normalized spacial score (nSPS) is 19.7. The number of aromatic nitrogens is 2. The predicted octanol–water partition coefficient (Wildman–Crippen LogP) is 1.46. The Bertz CT molecular complexity index is 338. The standard InChI is InChI=1S/C8H10F3N3/c9-8(10,11)6-5(4-13-14-6)3-7(12)1-2-7/h4H,1-3,12H2,(H,13,14). The molecule has 1 aromatic heterocycles. The van der Waals surface area contributed by atoms with E-state index in [0.717, 1.165) is 12.8 Å². The molecule has 1 fully saturated rings. The zero-order valence-corrected chi connectivity index (χ0v) is 7.36. The minimum absolute atomic E-state index is 0.164. The van der Waals surface area contributed by atoms with E-state index in [-0.39, 0.29) is 12.0 Å². The van der Waals surface area contributed by atoms with Crippen LogP contribution < -0.4 is 5.73 Å². The molecule has 0 radical (unpaired) electrons. The highest BCUT2D eigenvalue weighted by Crippen LogP contribution is 2.38. The second kappa shape index (κ2) is 2.73. The number of hydrogen-bond donors (Lipinski definition) is 2. The Kier molecular flexibility index (Phi) is 1.85. The Balaban J connectivity index is 2.21. The highest BCUT2D eigenvalue weighted by atomic mass is 19.4. The van der Waals surface area contributed by atoms with Crippen LogP contribution in [0.2, 0.25) is 0 Å². The molecule has 0 aromatic carbocycles. The molecular formula is C8H10F3N3. The fourth-order valence-corrected chi connectivity index (χ4v) is 1.41. The van der Waals surface area contributed by atoms with Crippen molar-refractivity contribution in [2.45, 2.75) is 31.0 Å². The Morgan fingerprint density at radius 3 is 2.64 bits per heavy atom. The van der Waals surface area contributed by atoms with Crippen LogP contribution in [-0.4, -0.2) is 15.7 Å². The molecule has 0 atom stereocenters. The minimum Gasteiger partial charge on any atom is -0.325 e. The van der Waals surface area contributed by atoms with Crippen molar-refractivity contribution in [2.24, 2.45) is 5.73 Å². The summed E-state index contributed by atoms with van der Waals surface area (Å²) in [5.74, 6) is 0. The first-order chi connectivity index (χ1) is 6.41. The van der Waals surface area contributed by atoms with Gasteiger partial charge in [0.2, 0.25) is 0 Å². The zero-order valence-electron chi connectivity index (χ0n) is 7.36. The van der Waals surface area contributed by atoms with Gasteiger partial charge in [0, 0.05) is 11.1 Å². The summed E-state index contributed by atoms with van der Waals surface area (Å²) in [5, 5.41) is 5.37. The van der Waals surface area contributed by atoms with Gasteiger partial charge >= 0.3 is 6.18 Å². The Morgan fingerprint density at radius 2 is 2.14 bits per heavy atom. The molecule has 6 heteroatoms. The van der Waals surface area contributed by atoms with Crippen molar-refractivity contribution in [2.75, 3.05) is 0 Å². The lowest BCUT2D eigenvalue weighted by molar-refractivity contribution is -0.141. The van der Waals surface area contributed by atoms with Crippen molar-refractivity contribution in [3.8, 4) is 0 Å². The quantitative estimate of drug-likeness (QED) is 0.768. The highest BCUT2D eigenvalue weighted by molar-refractivity contribution is 5.24. The Labute approximate surface area is 78.5 Å². The predicted molar refractivity (Wildman–Crippen MR) is 43.4 cm³/mol. The van der Waals surface area contributed by atoms with E-state index in [9.17, 15) is 13.2 Å². The number of nitrogens with one attached hydrogen (secondary N) is 1. The SMILES string of the molecule is NC1(Cc2cn[nH]c2C(F)(F)F)CC1. The average molecular weight is 205 g/mol. The molecule has 14 heavy (non-hydrogen) atoms. The third-order valence-corrected chi connectivity index (χ3v) is 2.44. The molecule has 1 aliphatic carbocycles. The molecule has 78 valence electrons. The van der Waals surface area contributed by atoms with Crippen LogP contribution in [0.3, 0.4) is 0 Å². The molecule has 3 nitrogen and oxygen atoms in total. The molecule has 1 aromatic rings. The van der Waals surface area contributed by atoms with E-state index in [1.165, 1.54) is 6.20 Å². The Hall–Kier alpha value is -1.04. The number of H-pyrrole nitrogens is 1. The molecule has 2 rings (SSSR count). The second-order valence-electron chi connectivity index (χ2n) is 3.81. The van der Waals surface area contributed by atoms with Gasteiger partial charge in [-0.1, -0.05) is 0 Å². The van der Waals surface area contributed by atoms with Gasteiger partial charge in [0.25, 0.3) is 0 Å². The number of nitrogens with two attached hydrogens (primary N) is 1. The molecule has 0 spiro atoms. The van der Waals surface area contributed by atoms with Crippen LogP contribution in [-0.2, 0) is 12.6 Å². The van der Waals surface area contributed by atoms with Crippen molar-refractivity contribution in [3.05, 3.63) is 17.5 Å². The molecule has 1 saturated carbocycles. The van der Waals surface area contributed by atoms with Crippen LogP contribution in [0.4, 0.5) is 13.2 Å². The van der Waals surface area contributed by atoms with Crippen LogP contribution >= 0.6 is 0 Å². The van der Waals surface area contributed by atoms with Gasteiger partial charge in [-0.15, -0.1) is 0 Å². The maximum atomic E-state index is 12.4. The third kappa shape index (κ3) is 1.75. The number of rotatable bonds is 2. The first-order valence-electron chi connectivity index (χ1n) is 4.29. The van der Waals surface area contributed by atoms with E-state index in [4.69, 9.17) is 5.73 Å². The van der Waals surface area contributed by atoms with E-state index in [2.05, 4.69) is 5.10 Å². The summed E-state index contributed by atoms with van der Waals surface area (Å²) < 4.78 is 37.1. The topological polar surface area (TPSA) is 54.7 Å². The monoisotopic (exact) mass is 205 g/mol. The zero-order chi connectivity index (χ0) is 10.4. The van der Waals surface area contributed by atoms with Gasteiger partial charge in [0.05, 0.1) is 6.20 Å². The molecule has 3 N–H and O–H groups in total. The maximum absolute atomic E-state index is 12.4. The number of alkyl halides is 3. The maximum Gasteiger partial charge on any atom is 0.433 e. The summed E-state index contributed by atoms with van der Waals surface area (Å²) in [4.78, 5) is 0. The molecule has 0 saturated heterocycles. The van der Waals surface area contributed by atoms with Crippen molar-refractivity contribution >= 4 is 0 Å². The molecule has 0 amide bonds. The van der Waals surface area contributed by atoms with Gasteiger partial charge in [-0.2, -0.15) is 18.3 Å². The summed E-state index contributed by atoms with van der Waals surface area (Å²) in [6, 6.07) is 0. The van der Waals surface area contributed by atoms with E-state index in [0.29, 0.717) is 0 Å². The van der Waals surface area contributed by atoms with E-state index < -0.39 is 17.4 Å². The van der Waals surface area contributed by atoms with E-state index in [1.807, 2.05) is 5.10 Å². The lowest BCUT2D eigenvalue weighted by Gasteiger charge is -2.10. The smallest absolute Gasteiger partial charge is 0.325 e. The molecule has 0 unspecified atom stereocenters. The van der Waals surface area contributed by atoms with Crippen LogP contribution in [0, 0.1) is 0 Å². The molecule has 1 aliphatic rings. The molecule has 0 bridgehead atoms. The molecule has 0 aliphatic heterocycles. The van der Waals surface area contributed by atoms with Gasteiger partial charge in [0.15, 0.2) is 0 Å². The number of hydrogen-bond acceptors (Lipinski definition) is 2. The van der Waals surface area contributed by atoms with E-state index in [1.54, 1.807) is 0 Å². The fraction of sp³-hybridized carbons (Fsp3) is 0.625. The largest absolute Gasteiger partial charge is 0.433 e. The van der Waals surface area contributed by atoms with Crippen LogP contribution in [0.25, 0.3) is 0 Å².